The zero-order valence-electron chi connectivity index (χ0n) is 41.0. The first kappa shape index (κ1) is 55.9. The number of Topliss-reactive ketones (excluding diaryl/α,β-unsaturated/α-hetero) is 1. The highest BCUT2D eigenvalue weighted by Gasteiger charge is 2.31. The molecule has 4 aromatic heterocycles. The van der Waals surface area contributed by atoms with Gasteiger partial charge in [-0.1, -0.05) is 160 Å². The van der Waals surface area contributed by atoms with E-state index in [1.54, 1.807) is 37.4 Å². The van der Waals surface area contributed by atoms with Crippen molar-refractivity contribution < 1.29 is 36.3 Å². The fourth-order valence-corrected chi connectivity index (χ4v) is 7.95. The number of alkyl halides is 3. The topological polar surface area (TPSA) is 122 Å². The first-order valence-corrected chi connectivity index (χ1v) is 25.3. The van der Waals surface area contributed by atoms with Crippen LogP contribution in [0, 0.1) is 0 Å². The lowest BCUT2D eigenvalue weighted by Gasteiger charge is -2.13. The van der Waals surface area contributed by atoms with Crippen molar-refractivity contribution in [3.63, 3.8) is 0 Å². The molecule has 0 N–H and O–H groups in total. The summed E-state index contributed by atoms with van der Waals surface area (Å²) >= 11 is -0.226. The predicted octanol–water partition coefficient (Wildman–Crippen LogP) is 16.1. The molecule has 0 spiro atoms. The van der Waals surface area contributed by atoms with Gasteiger partial charge in [-0.2, -0.15) is 13.2 Å². The second kappa shape index (κ2) is 30.0. The molecule has 0 aliphatic rings. The van der Waals surface area contributed by atoms with Crippen LogP contribution in [0.15, 0.2) is 121 Å². The van der Waals surface area contributed by atoms with E-state index in [0.29, 0.717) is 53.5 Å². The molecule has 0 saturated carbocycles. The summed E-state index contributed by atoms with van der Waals surface area (Å²) in [5.41, 5.74) is -1.71. The Bertz CT molecular complexity index is 2620. The highest BCUT2D eigenvalue weighted by atomic mass is 32.2. The number of carbonyl (C=O) groups is 1. The number of nitrogens with zero attached hydrogens (tertiary/aromatic N) is 2. The molecule has 6 aromatic rings. The summed E-state index contributed by atoms with van der Waals surface area (Å²) in [5, 5.41) is 1.30. The highest BCUT2D eigenvalue weighted by molar-refractivity contribution is 8.00. The van der Waals surface area contributed by atoms with E-state index in [-0.39, 0.29) is 44.8 Å². The number of carbonyl (C=O) groups excluding carboxylic acids is 1. The predicted molar refractivity (Wildman–Crippen MR) is 274 cm³/mol. The fraction of sp³-hybridized carbons (Fsp3) is 0.446. The Morgan fingerprint density at radius 1 is 0.609 bits per heavy atom. The third-order valence-corrected chi connectivity index (χ3v) is 12.1. The van der Waals surface area contributed by atoms with Crippen LogP contribution in [0.4, 0.5) is 13.2 Å². The number of rotatable bonds is 25. The second-order valence-electron chi connectivity index (χ2n) is 17.1. The summed E-state index contributed by atoms with van der Waals surface area (Å²) in [7, 11) is 0. The first-order chi connectivity index (χ1) is 33.2. The Balaban J connectivity index is 0.000000286. The molecule has 0 amide bonds. The van der Waals surface area contributed by atoms with Crippen molar-refractivity contribution in [1.82, 2.24) is 9.97 Å². The van der Waals surface area contributed by atoms with Crippen molar-refractivity contribution in [2.45, 2.75) is 154 Å². The maximum Gasteiger partial charge on any atom is 0.446 e. The van der Waals surface area contributed by atoms with Crippen LogP contribution in [0.2, 0.25) is 0 Å². The molecule has 0 unspecified atom stereocenters. The number of aryl methyl sites for hydroxylation is 1. The second-order valence-corrected chi connectivity index (χ2v) is 18.2. The SMILES string of the molecule is C=C(C)C(C)=O.CCCCCCCCCCCCCOc1cc2oc(=O)c(-c3ccc(CC)cc3SC(F)(F)F)cc2cn1.CCCCCCCOc1cc2oc(=O)c(-c3ccccc3)cc2cn1. The summed E-state index contributed by atoms with van der Waals surface area (Å²) in [6, 6.07) is 20.8. The van der Waals surface area contributed by atoms with Gasteiger partial charge in [-0.3, -0.25) is 4.79 Å². The van der Waals surface area contributed by atoms with Crippen LogP contribution in [-0.2, 0) is 11.2 Å². The Labute approximate surface area is 409 Å². The fourth-order valence-electron chi connectivity index (χ4n) is 7.20. The zero-order valence-corrected chi connectivity index (χ0v) is 41.8. The molecule has 372 valence electrons. The molecule has 9 nitrogen and oxygen atoms in total. The minimum Gasteiger partial charge on any atom is -0.478 e. The summed E-state index contributed by atoms with van der Waals surface area (Å²) in [5.74, 6) is 0.926. The van der Waals surface area contributed by atoms with E-state index >= 15 is 0 Å². The lowest BCUT2D eigenvalue weighted by atomic mass is 10.0. The van der Waals surface area contributed by atoms with Crippen molar-refractivity contribution in [1.29, 1.82) is 0 Å². The number of halogens is 3. The Kier molecular flexibility index (Phi) is 24.3. The average molecular weight is 971 g/mol. The monoisotopic (exact) mass is 970 g/mol. The van der Waals surface area contributed by atoms with Gasteiger partial charge in [0.15, 0.2) is 5.78 Å². The molecule has 0 aliphatic carbocycles. The third kappa shape index (κ3) is 20.1. The van der Waals surface area contributed by atoms with Gasteiger partial charge in [-0.25, -0.2) is 19.6 Å². The lowest BCUT2D eigenvalue weighted by molar-refractivity contribution is -0.113. The van der Waals surface area contributed by atoms with E-state index in [0.717, 1.165) is 42.2 Å². The van der Waals surface area contributed by atoms with Crippen molar-refractivity contribution >= 4 is 39.5 Å². The van der Waals surface area contributed by atoms with Gasteiger partial charge < -0.3 is 18.3 Å². The third-order valence-electron chi connectivity index (χ3n) is 11.3. The van der Waals surface area contributed by atoms with Crippen LogP contribution in [0.25, 0.3) is 44.2 Å². The van der Waals surface area contributed by atoms with Gasteiger partial charge in [0, 0.05) is 45.8 Å². The minimum atomic E-state index is -4.47. The van der Waals surface area contributed by atoms with Crippen LogP contribution < -0.4 is 20.7 Å². The molecule has 0 saturated heterocycles. The summed E-state index contributed by atoms with van der Waals surface area (Å²) in [6.45, 7) is 14.1. The highest BCUT2D eigenvalue weighted by Crippen LogP contribution is 2.42. The van der Waals surface area contributed by atoms with E-state index in [2.05, 4.69) is 30.4 Å². The number of ether oxygens (including phenoxy) is 2. The molecule has 0 radical (unpaired) electrons. The van der Waals surface area contributed by atoms with E-state index in [4.69, 9.17) is 18.3 Å². The number of thioether (sulfide) groups is 1. The van der Waals surface area contributed by atoms with Crippen LogP contribution in [-0.4, -0.2) is 34.5 Å². The van der Waals surface area contributed by atoms with E-state index in [9.17, 15) is 27.6 Å². The summed E-state index contributed by atoms with van der Waals surface area (Å²) in [6.07, 6.45) is 23.5. The quantitative estimate of drug-likeness (QED) is 0.0311. The smallest absolute Gasteiger partial charge is 0.446 e. The molecule has 4 heterocycles. The van der Waals surface area contributed by atoms with Crippen molar-refractivity contribution in [3.8, 4) is 34.0 Å². The van der Waals surface area contributed by atoms with Crippen molar-refractivity contribution in [2.24, 2.45) is 0 Å². The minimum absolute atomic E-state index is 0.0246. The van der Waals surface area contributed by atoms with Crippen molar-refractivity contribution in [2.75, 3.05) is 13.2 Å². The Morgan fingerprint density at radius 2 is 1.06 bits per heavy atom. The molecule has 0 bridgehead atoms. The van der Waals surface area contributed by atoms with E-state index < -0.39 is 11.1 Å². The Hall–Kier alpha value is -5.69. The molecule has 0 atom stereocenters. The summed E-state index contributed by atoms with van der Waals surface area (Å²) in [4.78, 5) is 43.7. The molecular weight excluding hydrogens is 902 g/mol. The number of allylic oxidation sites excluding steroid dienone is 1. The first-order valence-electron chi connectivity index (χ1n) is 24.5. The maximum absolute atomic E-state index is 13.2. The van der Waals surface area contributed by atoms with Crippen LogP contribution >= 0.6 is 11.8 Å². The molecule has 2 aromatic carbocycles. The normalized spacial score (nSPS) is 11.1. The number of benzene rings is 2. The van der Waals surface area contributed by atoms with Crippen LogP contribution in [0.3, 0.4) is 0 Å². The molecular formula is C56H69F3N2O7S. The van der Waals surface area contributed by atoms with Gasteiger partial charge in [-0.15, -0.1) is 0 Å². The van der Waals surface area contributed by atoms with Gasteiger partial charge in [0.25, 0.3) is 0 Å². The van der Waals surface area contributed by atoms with Crippen LogP contribution in [0.1, 0.15) is 143 Å². The number of aromatic nitrogens is 2. The largest absolute Gasteiger partial charge is 0.478 e. The van der Waals surface area contributed by atoms with Crippen LogP contribution in [0.5, 0.6) is 11.8 Å². The zero-order chi connectivity index (χ0) is 50.0. The van der Waals surface area contributed by atoms with Gasteiger partial charge in [-0.05, 0) is 79.8 Å². The maximum atomic E-state index is 13.2. The van der Waals surface area contributed by atoms with E-state index in [1.807, 2.05) is 43.3 Å². The summed E-state index contributed by atoms with van der Waals surface area (Å²) < 4.78 is 61.9. The number of hydrogen-bond acceptors (Lipinski definition) is 10. The lowest BCUT2D eigenvalue weighted by Crippen LogP contribution is -2.06. The van der Waals surface area contributed by atoms with Crippen molar-refractivity contribution in [3.05, 3.63) is 124 Å². The Morgan fingerprint density at radius 3 is 1.51 bits per heavy atom. The average Bonchev–Trinajstić information content (AvgIpc) is 3.32. The standard InChI is InChI=1S/C30H38F3NO3S.C21H23NO3.C5H8O/c1-3-5-6-7-8-9-10-11-12-13-14-17-36-28-20-26-23(21-34-28)19-25(29(35)37-26)24-16-15-22(4-2)18-27(24)38-30(31,32)33;1-2-3-4-5-9-12-24-20-14-19-17(15-22-20)13-18(21(23)25-19)16-10-7-6-8-11-16;1-4(2)5(3)6/h15-16,18-21H,3-14,17H2,1-2H3;6-8,10-11,13-15H,2-5,9,12H2,1H3;1H2,2-3H3. The molecule has 69 heavy (non-hydrogen) atoms. The number of hydrogen-bond donors (Lipinski definition) is 0. The number of pyridine rings is 2. The molecule has 0 aliphatic heterocycles. The van der Waals surface area contributed by atoms with Gasteiger partial charge in [0.2, 0.25) is 11.8 Å². The molecule has 13 heteroatoms. The number of ketones is 1. The number of fused-ring (bicyclic) bond motifs is 2. The van der Waals surface area contributed by atoms with Gasteiger partial charge >= 0.3 is 16.8 Å². The van der Waals surface area contributed by atoms with E-state index in [1.165, 1.54) is 102 Å². The van der Waals surface area contributed by atoms with Gasteiger partial charge in [0.1, 0.15) is 11.2 Å². The molecule has 0 fully saturated rings. The molecule has 6 rings (SSSR count). The number of unbranched alkanes of at least 4 members (excludes halogenated alkanes) is 14. The van der Waals surface area contributed by atoms with Gasteiger partial charge in [0.05, 0.1) is 24.3 Å².